The summed E-state index contributed by atoms with van der Waals surface area (Å²) in [4.78, 5) is 14.2. The molecule has 1 aliphatic heterocycles. The molecule has 0 bridgehead atoms. The van der Waals surface area contributed by atoms with E-state index in [4.69, 9.17) is 4.74 Å². The SMILES string of the molecule is CCCN(C(=O)OCCc1ccccc1)C1CCNCC1. The number of ether oxygens (including phenoxy) is 1. The number of carbonyl (C=O) groups is 1. The number of nitrogens with zero attached hydrogens (tertiary/aromatic N) is 1. The van der Waals surface area contributed by atoms with Gasteiger partial charge in [-0.1, -0.05) is 37.3 Å². The molecule has 1 aromatic carbocycles. The van der Waals surface area contributed by atoms with Crippen molar-refractivity contribution in [1.82, 2.24) is 10.2 Å². The lowest BCUT2D eigenvalue weighted by atomic mass is 10.1. The first-order valence-electron chi connectivity index (χ1n) is 7.99. The maximum absolute atomic E-state index is 12.3. The first-order chi connectivity index (χ1) is 10.3. The second kappa shape index (κ2) is 8.67. The summed E-state index contributed by atoms with van der Waals surface area (Å²) < 4.78 is 5.48. The lowest BCUT2D eigenvalue weighted by Crippen LogP contribution is -2.46. The van der Waals surface area contributed by atoms with E-state index < -0.39 is 0 Å². The van der Waals surface area contributed by atoms with Gasteiger partial charge in [-0.2, -0.15) is 0 Å². The van der Waals surface area contributed by atoms with Crippen LogP contribution >= 0.6 is 0 Å². The highest BCUT2D eigenvalue weighted by Gasteiger charge is 2.25. The van der Waals surface area contributed by atoms with E-state index in [-0.39, 0.29) is 6.09 Å². The van der Waals surface area contributed by atoms with Gasteiger partial charge in [0.25, 0.3) is 0 Å². The maximum Gasteiger partial charge on any atom is 0.410 e. The van der Waals surface area contributed by atoms with Crippen molar-refractivity contribution >= 4 is 6.09 Å². The Kier molecular flexibility index (Phi) is 6.54. The summed E-state index contributed by atoms with van der Waals surface area (Å²) >= 11 is 0. The normalized spacial score (nSPS) is 15.7. The van der Waals surface area contributed by atoms with Crippen molar-refractivity contribution < 1.29 is 9.53 Å². The molecule has 1 saturated heterocycles. The van der Waals surface area contributed by atoms with Gasteiger partial charge in [0, 0.05) is 19.0 Å². The molecular weight excluding hydrogens is 264 g/mol. The van der Waals surface area contributed by atoms with Crippen molar-refractivity contribution in [1.29, 1.82) is 0 Å². The van der Waals surface area contributed by atoms with Gasteiger partial charge in [0.1, 0.15) is 0 Å². The molecule has 0 aromatic heterocycles. The maximum atomic E-state index is 12.3. The molecule has 21 heavy (non-hydrogen) atoms. The van der Waals surface area contributed by atoms with Crippen molar-refractivity contribution in [3.8, 4) is 0 Å². The number of amides is 1. The van der Waals surface area contributed by atoms with Crippen LogP contribution in [0.3, 0.4) is 0 Å². The standard InChI is InChI=1S/C17H26N2O2/c1-2-13-19(16-8-11-18-12-9-16)17(20)21-14-10-15-6-4-3-5-7-15/h3-7,16,18H,2,8-14H2,1H3. The second-order valence-corrected chi connectivity index (χ2v) is 5.52. The molecule has 1 fully saturated rings. The summed E-state index contributed by atoms with van der Waals surface area (Å²) in [7, 11) is 0. The number of carbonyl (C=O) groups excluding carboxylic acids is 1. The zero-order valence-electron chi connectivity index (χ0n) is 12.9. The summed E-state index contributed by atoms with van der Waals surface area (Å²) in [5.74, 6) is 0. The fourth-order valence-electron chi connectivity index (χ4n) is 2.77. The Balaban J connectivity index is 1.80. The predicted octanol–water partition coefficient (Wildman–Crippen LogP) is 2.83. The zero-order chi connectivity index (χ0) is 14.9. The van der Waals surface area contributed by atoms with Gasteiger partial charge in [-0.05, 0) is 37.9 Å². The highest BCUT2D eigenvalue weighted by Crippen LogP contribution is 2.14. The van der Waals surface area contributed by atoms with Crippen LogP contribution < -0.4 is 5.32 Å². The Bertz CT molecular complexity index is 416. The Morgan fingerprint density at radius 2 is 2.00 bits per heavy atom. The Hall–Kier alpha value is -1.55. The van der Waals surface area contributed by atoms with Gasteiger partial charge in [0.2, 0.25) is 0 Å². The topological polar surface area (TPSA) is 41.6 Å². The summed E-state index contributed by atoms with van der Waals surface area (Å²) in [6.45, 7) is 5.32. The molecule has 0 atom stereocenters. The van der Waals surface area contributed by atoms with E-state index >= 15 is 0 Å². The number of nitrogens with one attached hydrogen (secondary N) is 1. The van der Waals surface area contributed by atoms with Crippen molar-refractivity contribution in [2.24, 2.45) is 0 Å². The highest BCUT2D eigenvalue weighted by atomic mass is 16.6. The molecule has 4 nitrogen and oxygen atoms in total. The molecule has 0 spiro atoms. The van der Waals surface area contributed by atoms with Gasteiger partial charge in [-0.15, -0.1) is 0 Å². The lowest BCUT2D eigenvalue weighted by molar-refractivity contribution is 0.0794. The molecule has 1 aliphatic rings. The molecule has 0 unspecified atom stereocenters. The first kappa shape index (κ1) is 15.8. The van der Waals surface area contributed by atoms with E-state index in [2.05, 4.69) is 24.4 Å². The fourth-order valence-corrected chi connectivity index (χ4v) is 2.77. The van der Waals surface area contributed by atoms with Crippen molar-refractivity contribution in [2.45, 2.75) is 38.6 Å². The van der Waals surface area contributed by atoms with E-state index in [1.165, 1.54) is 5.56 Å². The van der Waals surface area contributed by atoms with E-state index in [0.29, 0.717) is 12.6 Å². The molecule has 0 aliphatic carbocycles. The van der Waals surface area contributed by atoms with Crippen LogP contribution in [0.1, 0.15) is 31.7 Å². The minimum Gasteiger partial charge on any atom is -0.449 e. The van der Waals surface area contributed by atoms with Crippen LogP contribution in [0.5, 0.6) is 0 Å². The van der Waals surface area contributed by atoms with Gasteiger partial charge in [0.15, 0.2) is 0 Å². The molecule has 4 heteroatoms. The third kappa shape index (κ3) is 5.05. The van der Waals surface area contributed by atoms with E-state index in [1.54, 1.807) is 0 Å². The molecule has 1 amide bonds. The second-order valence-electron chi connectivity index (χ2n) is 5.52. The Morgan fingerprint density at radius 1 is 1.29 bits per heavy atom. The van der Waals surface area contributed by atoms with Crippen LogP contribution in [0.2, 0.25) is 0 Å². The minimum atomic E-state index is -0.153. The summed E-state index contributed by atoms with van der Waals surface area (Å²) in [5, 5.41) is 3.34. The number of rotatable bonds is 6. The first-order valence-corrected chi connectivity index (χ1v) is 7.99. The van der Waals surface area contributed by atoms with E-state index in [9.17, 15) is 4.79 Å². The van der Waals surface area contributed by atoms with Gasteiger partial charge >= 0.3 is 6.09 Å². The Morgan fingerprint density at radius 3 is 2.67 bits per heavy atom. The molecule has 116 valence electrons. The highest BCUT2D eigenvalue weighted by molar-refractivity contribution is 5.68. The molecule has 1 heterocycles. The zero-order valence-corrected chi connectivity index (χ0v) is 12.9. The third-order valence-electron chi connectivity index (χ3n) is 3.91. The molecule has 0 saturated carbocycles. The van der Waals surface area contributed by atoms with Gasteiger partial charge < -0.3 is 15.0 Å². The largest absolute Gasteiger partial charge is 0.449 e. The van der Waals surface area contributed by atoms with Gasteiger partial charge in [0.05, 0.1) is 6.61 Å². The predicted molar refractivity (Wildman–Crippen MR) is 84.4 cm³/mol. The van der Waals surface area contributed by atoms with Crippen molar-refractivity contribution in [3.05, 3.63) is 35.9 Å². The van der Waals surface area contributed by atoms with Crippen LogP contribution in [0, 0.1) is 0 Å². The van der Waals surface area contributed by atoms with Crippen LogP contribution in [-0.4, -0.2) is 43.3 Å². The monoisotopic (exact) mass is 290 g/mol. The molecule has 1 aromatic rings. The van der Waals surface area contributed by atoms with Gasteiger partial charge in [-0.25, -0.2) is 4.79 Å². The molecular formula is C17H26N2O2. The fraction of sp³-hybridized carbons (Fsp3) is 0.588. The third-order valence-corrected chi connectivity index (χ3v) is 3.91. The van der Waals surface area contributed by atoms with Crippen LogP contribution in [0.15, 0.2) is 30.3 Å². The summed E-state index contributed by atoms with van der Waals surface area (Å²) in [5.41, 5.74) is 1.20. The smallest absolute Gasteiger partial charge is 0.410 e. The van der Waals surface area contributed by atoms with Crippen LogP contribution in [0.4, 0.5) is 4.79 Å². The van der Waals surface area contributed by atoms with Crippen LogP contribution in [0.25, 0.3) is 0 Å². The van der Waals surface area contributed by atoms with E-state index in [1.807, 2.05) is 23.1 Å². The summed E-state index contributed by atoms with van der Waals surface area (Å²) in [6.07, 6.45) is 3.64. The van der Waals surface area contributed by atoms with Crippen molar-refractivity contribution in [2.75, 3.05) is 26.2 Å². The molecule has 0 radical (unpaired) electrons. The minimum absolute atomic E-state index is 0.153. The Labute approximate surface area is 127 Å². The average molecular weight is 290 g/mol. The summed E-state index contributed by atoms with van der Waals surface area (Å²) in [6, 6.07) is 10.5. The van der Waals surface area contributed by atoms with E-state index in [0.717, 1.165) is 45.3 Å². The average Bonchev–Trinajstić information content (AvgIpc) is 2.54. The molecule has 1 N–H and O–H groups in total. The quantitative estimate of drug-likeness (QED) is 0.876. The van der Waals surface area contributed by atoms with Gasteiger partial charge in [-0.3, -0.25) is 0 Å². The lowest BCUT2D eigenvalue weighted by Gasteiger charge is -2.33. The molecule has 2 rings (SSSR count). The number of benzene rings is 1. The van der Waals surface area contributed by atoms with Crippen molar-refractivity contribution in [3.63, 3.8) is 0 Å². The number of hydrogen-bond acceptors (Lipinski definition) is 3. The number of piperidine rings is 1. The van der Waals surface area contributed by atoms with Crippen LogP contribution in [-0.2, 0) is 11.2 Å². The number of hydrogen-bond donors (Lipinski definition) is 1.